The monoisotopic (exact) mass is 301 g/mol. The first-order chi connectivity index (χ1) is 9.00. The lowest BCUT2D eigenvalue weighted by atomic mass is 9.99. The van der Waals surface area contributed by atoms with E-state index in [1.54, 1.807) is 0 Å². The van der Waals surface area contributed by atoms with Crippen molar-refractivity contribution in [2.24, 2.45) is 0 Å². The number of aliphatic hydroxyl groups excluding tert-OH is 1. The van der Waals surface area contributed by atoms with Crippen LogP contribution in [-0.2, 0) is 6.18 Å². The highest BCUT2D eigenvalue weighted by molar-refractivity contribution is 5.50. The average Bonchev–Trinajstić information content (AvgIpc) is 2.25. The highest BCUT2D eigenvalue weighted by Crippen LogP contribution is 2.34. The van der Waals surface area contributed by atoms with Crippen LogP contribution in [0, 0.1) is 0 Å². The number of aliphatic hydroxyl groups is 1. The maximum Gasteiger partial charge on any atom is 0.416 e. The Morgan fingerprint density at radius 3 is 2.20 bits per heavy atom. The van der Waals surface area contributed by atoms with Crippen molar-refractivity contribution in [3.05, 3.63) is 29.3 Å². The second-order valence-electron chi connectivity index (χ2n) is 4.36. The number of hydrogen-bond acceptors (Lipinski definition) is 2. The first-order valence-electron chi connectivity index (χ1n) is 5.72. The lowest BCUT2D eigenvalue weighted by Crippen LogP contribution is -2.11. The van der Waals surface area contributed by atoms with Gasteiger partial charge < -0.3 is 10.8 Å². The summed E-state index contributed by atoms with van der Waals surface area (Å²) in [7, 11) is 0. The summed E-state index contributed by atoms with van der Waals surface area (Å²) in [6.45, 7) is 0. The molecule has 0 saturated heterocycles. The maximum absolute atomic E-state index is 12.5. The van der Waals surface area contributed by atoms with Gasteiger partial charge in [0.15, 0.2) is 0 Å². The van der Waals surface area contributed by atoms with Crippen LogP contribution in [0.3, 0.4) is 0 Å². The number of alkyl halides is 6. The summed E-state index contributed by atoms with van der Waals surface area (Å²) in [5.74, 6) is 0. The van der Waals surface area contributed by atoms with Gasteiger partial charge in [-0.2, -0.15) is 26.3 Å². The Labute approximate surface area is 111 Å². The van der Waals surface area contributed by atoms with Crippen LogP contribution in [0.2, 0.25) is 0 Å². The first-order valence-corrected chi connectivity index (χ1v) is 5.72. The lowest BCUT2D eigenvalue weighted by molar-refractivity contribution is -0.137. The molecule has 0 bridgehead atoms. The maximum atomic E-state index is 12.5. The van der Waals surface area contributed by atoms with Crippen molar-refractivity contribution < 1.29 is 31.4 Å². The van der Waals surface area contributed by atoms with Crippen LogP contribution in [-0.4, -0.2) is 11.3 Å². The van der Waals surface area contributed by atoms with Crippen LogP contribution in [0.1, 0.15) is 36.5 Å². The van der Waals surface area contributed by atoms with Gasteiger partial charge in [-0.1, -0.05) is 0 Å². The third kappa shape index (κ3) is 4.92. The van der Waals surface area contributed by atoms with Crippen molar-refractivity contribution in [1.82, 2.24) is 0 Å². The molecular formula is C12H13F6NO. The molecule has 0 aliphatic heterocycles. The highest BCUT2D eigenvalue weighted by Gasteiger charge is 2.32. The standard InChI is InChI=1S/C12H13F6NO/c13-11(14,15)5-1-2-10(20)8-6-7(12(16,17)18)3-4-9(8)19/h3-4,6,10,20H,1-2,5,19H2. The normalized spacial score (nSPS) is 14.3. The van der Waals surface area contributed by atoms with E-state index in [-0.39, 0.29) is 24.1 Å². The molecule has 0 aliphatic rings. The van der Waals surface area contributed by atoms with E-state index in [2.05, 4.69) is 0 Å². The number of nitrogens with two attached hydrogens (primary N) is 1. The lowest BCUT2D eigenvalue weighted by Gasteiger charge is -2.16. The summed E-state index contributed by atoms with van der Waals surface area (Å²) in [6.07, 6.45) is -12.2. The summed E-state index contributed by atoms with van der Waals surface area (Å²) in [5, 5.41) is 9.67. The van der Waals surface area contributed by atoms with Crippen LogP contribution >= 0.6 is 0 Å². The SMILES string of the molecule is Nc1ccc(C(F)(F)F)cc1C(O)CCCC(F)(F)F. The summed E-state index contributed by atoms with van der Waals surface area (Å²) >= 11 is 0. The number of halogens is 6. The van der Waals surface area contributed by atoms with Crippen LogP contribution in [0.5, 0.6) is 0 Å². The van der Waals surface area contributed by atoms with Crippen LogP contribution in [0.25, 0.3) is 0 Å². The number of hydrogen-bond donors (Lipinski definition) is 2. The van der Waals surface area contributed by atoms with Gasteiger partial charge in [-0.15, -0.1) is 0 Å². The quantitative estimate of drug-likeness (QED) is 0.651. The van der Waals surface area contributed by atoms with E-state index < -0.39 is 30.4 Å². The topological polar surface area (TPSA) is 46.2 Å². The van der Waals surface area contributed by atoms with Gasteiger partial charge in [0.1, 0.15) is 0 Å². The van der Waals surface area contributed by atoms with Crippen molar-refractivity contribution in [1.29, 1.82) is 0 Å². The summed E-state index contributed by atoms with van der Waals surface area (Å²) in [4.78, 5) is 0. The summed E-state index contributed by atoms with van der Waals surface area (Å²) in [5.41, 5.74) is 4.15. The molecule has 1 rings (SSSR count). The molecule has 20 heavy (non-hydrogen) atoms. The molecule has 0 amide bonds. The Morgan fingerprint density at radius 1 is 1.10 bits per heavy atom. The van der Waals surface area contributed by atoms with E-state index in [1.807, 2.05) is 0 Å². The van der Waals surface area contributed by atoms with E-state index in [0.717, 1.165) is 12.1 Å². The highest BCUT2D eigenvalue weighted by atomic mass is 19.4. The number of benzene rings is 1. The zero-order valence-corrected chi connectivity index (χ0v) is 10.2. The Hall–Kier alpha value is -1.44. The molecule has 0 heterocycles. The van der Waals surface area contributed by atoms with Gasteiger partial charge in [0.05, 0.1) is 11.7 Å². The number of rotatable bonds is 4. The average molecular weight is 301 g/mol. The van der Waals surface area contributed by atoms with Gasteiger partial charge in [0.2, 0.25) is 0 Å². The van der Waals surface area contributed by atoms with Crippen LogP contribution in [0.4, 0.5) is 32.0 Å². The second-order valence-corrected chi connectivity index (χ2v) is 4.36. The zero-order valence-electron chi connectivity index (χ0n) is 10.2. The fourth-order valence-corrected chi connectivity index (χ4v) is 1.69. The van der Waals surface area contributed by atoms with Crippen molar-refractivity contribution in [2.75, 3.05) is 5.73 Å². The predicted octanol–water partition coefficient (Wildman–Crippen LogP) is 4.05. The molecule has 0 radical (unpaired) electrons. The number of nitrogen functional groups attached to an aromatic ring is 1. The molecule has 1 aromatic carbocycles. The molecule has 0 aliphatic carbocycles. The van der Waals surface area contributed by atoms with Gasteiger partial charge in [0, 0.05) is 17.7 Å². The molecule has 1 unspecified atom stereocenters. The second kappa shape index (κ2) is 5.90. The van der Waals surface area contributed by atoms with Gasteiger partial charge in [-0.25, -0.2) is 0 Å². The van der Waals surface area contributed by atoms with E-state index in [1.165, 1.54) is 0 Å². The van der Waals surface area contributed by atoms with Crippen molar-refractivity contribution in [2.45, 2.75) is 37.7 Å². The molecular weight excluding hydrogens is 288 g/mol. The van der Waals surface area contributed by atoms with E-state index in [0.29, 0.717) is 6.07 Å². The summed E-state index contributed by atoms with van der Waals surface area (Å²) in [6, 6.07) is 2.39. The molecule has 2 nitrogen and oxygen atoms in total. The van der Waals surface area contributed by atoms with Crippen molar-refractivity contribution in [3.63, 3.8) is 0 Å². The smallest absolute Gasteiger partial charge is 0.398 e. The molecule has 0 fully saturated rings. The Bertz CT molecular complexity index is 454. The van der Waals surface area contributed by atoms with Crippen LogP contribution in [0.15, 0.2) is 18.2 Å². The van der Waals surface area contributed by atoms with Gasteiger partial charge in [-0.05, 0) is 31.0 Å². The minimum atomic E-state index is -4.60. The fraction of sp³-hybridized carbons (Fsp3) is 0.500. The molecule has 0 saturated carbocycles. The van der Waals surface area contributed by atoms with E-state index in [9.17, 15) is 31.4 Å². The molecule has 0 aromatic heterocycles. The minimum absolute atomic E-state index is 0.0856. The Morgan fingerprint density at radius 2 is 1.70 bits per heavy atom. The predicted molar refractivity (Wildman–Crippen MR) is 60.7 cm³/mol. The fourth-order valence-electron chi connectivity index (χ4n) is 1.69. The first kappa shape index (κ1) is 16.6. The Kier molecular flexibility index (Phi) is 4.90. The minimum Gasteiger partial charge on any atom is -0.398 e. The summed E-state index contributed by atoms with van der Waals surface area (Å²) < 4.78 is 73.4. The van der Waals surface area contributed by atoms with Gasteiger partial charge >= 0.3 is 12.4 Å². The Balaban J connectivity index is 2.79. The van der Waals surface area contributed by atoms with E-state index >= 15 is 0 Å². The molecule has 0 spiro atoms. The molecule has 114 valence electrons. The molecule has 1 atom stereocenters. The number of anilines is 1. The van der Waals surface area contributed by atoms with Crippen LogP contribution < -0.4 is 5.73 Å². The molecule has 3 N–H and O–H groups in total. The third-order valence-electron chi connectivity index (χ3n) is 2.71. The largest absolute Gasteiger partial charge is 0.416 e. The van der Waals surface area contributed by atoms with Gasteiger partial charge in [-0.3, -0.25) is 0 Å². The van der Waals surface area contributed by atoms with E-state index in [4.69, 9.17) is 5.73 Å². The third-order valence-corrected chi connectivity index (χ3v) is 2.71. The molecule has 1 aromatic rings. The zero-order chi connectivity index (χ0) is 15.6. The van der Waals surface area contributed by atoms with Gasteiger partial charge in [0.25, 0.3) is 0 Å². The van der Waals surface area contributed by atoms with Crippen molar-refractivity contribution in [3.8, 4) is 0 Å². The molecule has 8 heteroatoms. The van der Waals surface area contributed by atoms with Crippen molar-refractivity contribution >= 4 is 5.69 Å².